The Morgan fingerprint density at radius 2 is 2.38 bits per heavy atom. The lowest BCUT2D eigenvalue weighted by Gasteiger charge is -1.99. The van der Waals surface area contributed by atoms with Crippen LogP contribution in [0.3, 0.4) is 0 Å². The fourth-order valence-electron chi connectivity index (χ4n) is 0.626. The molecule has 0 spiro atoms. The fraction of sp³-hybridized carbons (Fsp3) is 0.714. The van der Waals surface area contributed by atoms with Crippen LogP contribution in [0.15, 0.2) is 12.7 Å². The largest absolute Gasteiger partial charge is 0.233 e. The Balaban J connectivity index is 3.03. The molecule has 1 heteroatoms. The predicted octanol–water partition coefficient (Wildman–Crippen LogP) is 2.16. The molecule has 0 rings (SSSR count). The van der Waals surface area contributed by atoms with Gasteiger partial charge in [0.15, 0.2) is 0 Å². The van der Waals surface area contributed by atoms with E-state index in [9.17, 15) is 5.11 Å². The second kappa shape index (κ2) is 4.85. The smallest absolute Gasteiger partial charge is 0.0964 e. The minimum Gasteiger partial charge on any atom is -0.233 e. The first-order valence-corrected chi connectivity index (χ1v) is 3.08. The molecule has 0 N–H and O–H groups in total. The summed E-state index contributed by atoms with van der Waals surface area (Å²) in [4.78, 5) is 0. The molecule has 0 aromatic carbocycles. The molecule has 0 aliphatic rings. The highest BCUT2D eigenvalue weighted by molar-refractivity contribution is 4.71. The molecule has 0 heterocycles. The molecule has 1 nitrogen and oxygen atoms in total. The molecule has 0 aliphatic carbocycles. The van der Waals surface area contributed by atoms with Gasteiger partial charge in [0.2, 0.25) is 0 Å². The van der Waals surface area contributed by atoms with Crippen LogP contribution in [0.25, 0.3) is 0 Å². The lowest BCUT2D eigenvalue weighted by molar-refractivity contribution is 0.0833. The topological polar surface area (TPSA) is 19.9 Å². The van der Waals surface area contributed by atoms with Crippen molar-refractivity contribution in [2.24, 2.45) is 0 Å². The van der Waals surface area contributed by atoms with Gasteiger partial charge in [-0.05, 0) is 12.8 Å². The molecule has 8 heavy (non-hydrogen) atoms. The third-order valence-corrected chi connectivity index (χ3v) is 1.04. The summed E-state index contributed by atoms with van der Waals surface area (Å²) in [6.45, 7) is 5.50. The highest BCUT2D eigenvalue weighted by atomic mass is 16.3. The van der Waals surface area contributed by atoms with Crippen molar-refractivity contribution in [3.63, 3.8) is 0 Å². The molecule has 0 aromatic heterocycles. The predicted molar refractivity (Wildman–Crippen MR) is 34.2 cm³/mol. The van der Waals surface area contributed by atoms with Crippen molar-refractivity contribution in [2.45, 2.75) is 32.3 Å². The zero-order valence-corrected chi connectivity index (χ0v) is 5.39. The van der Waals surface area contributed by atoms with Gasteiger partial charge in [0.1, 0.15) is 0 Å². The van der Waals surface area contributed by atoms with Crippen LogP contribution in [-0.2, 0) is 5.11 Å². The van der Waals surface area contributed by atoms with Crippen LogP contribution in [0, 0.1) is 0 Å². The van der Waals surface area contributed by atoms with Gasteiger partial charge in [-0.1, -0.05) is 19.4 Å². The molecule has 47 valence electrons. The first kappa shape index (κ1) is 7.70. The van der Waals surface area contributed by atoms with Crippen LogP contribution < -0.4 is 0 Å². The van der Waals surface area contributed by atoms with Crippen LogP contribution in [-0.4, -0.2) is 6.10 Å². The van der Waals surface area contributed by atoms with Gasteiger partial charge >= 0.3 is 0 Å². The molecule has 0 saturated carbocycles. The van der Waals surface area contributed by atoms with Crippen molar-refractivity contribution in [3.8, 4) is 0 Å². The second-order valence-electron chi connectivity index (χ2n) is 1.94. The van der Waals surface area contributed by atoms with E-state index in [1.54, 1.807) is 6.08 Å². The minimum atomic E-state index is -0.405. The highest BCUT2D eigenvalue weighted by Crippen LogP contribution is 2.00. The molecular formula is C7H13O. The maximum absolute atomic E-state index is 10.7. The van der Waals surface area contributed by atoms with Crippen molar-refractivity contribution in [1.82, 2.24) is 0 Å². The van der Waals surface area contributed by atoms with Gasteiger partial charge in [-0.25, -0.2) is 5.11 Å². The van der Waals surface area contributed by atoms with Gasteiger partial charge in [0.25, 0.3) is 0 Å². The molecule has 0 saturated heterocycles. The summed E-state index contributed by atoms with van der Waals surface area (Å²) in [6, 6.07) is 0. The van der Waals surface area contributed by atoms with Crippen molar-refractivity contribution in [1.29, 1.82) is 0 Å². The summed E-state index contributed by atoms with van der Waals surface area (Å²) in [5.41, 5.74) is 0. The molecule has 0 aliphatic heterocycles. The van der Waals surface area contributed by atoms with E-state index in [2.05, 4.69) is 6.58 Å². The van der Waals surface area contributed by atoms with Crippen molar-refractivity contribution < 1.29 is 5.11 Å². The zero-order chi connectivity index (χ0) is 6.41. The van der Waals surface area contributed by atoms with Gasteiger partial charge in [0.05, 0.1) is 6.10 Å². The molecule has 0 bridgehead atoms. The van der Waals surface area contributed by atoms with E-state index < -0.39 is 6.10 Å². The van der Waals surface area contributed by atoms with Gasteiger partial charge in [0, 0.05) is 0 Å². The van der Waals surface area contributed by atoms with Crippen molar-refractivity contribution >= 4 is 0 Å². The Hall–Kier alpha value is -0.300. The number of hydrogen-bond donors (Lipinski definition) is 0. The highest BCUT2D eigenvalue weighted by Gasteiger charge is 1.98. The standard InChI is InChI=1S/C7H13O/c1-3-5-7(8)6-4-2/h3,7H,1,4-6H2,2H3. The van der Waals surface area contributed by atoms with Gasteiger partial charge < -0.3 is 0 Å². The fourth-order valence-corrected chi connectivity index (χ4v) is 0.626. The molecule has 0 aromatic rings. The summed E-state index contributed by atoms with van der Waals surface area (Å²) in [6.07, 6.45) is 3.67. The van der Waals surface area contributed by atoms with Crippen LogP contribution in [0.4, 0.5) is 0 Å². The Morgan fingerprint density at radius 3 is 2.75 bits per heavy atom. The third kappa shape index (κ3) is 3.88. The van der Waals surface area contributed by atoms with E-state index in [4.69, 9.17) is 0 Å². The second-order valence-corrected chi connectivity index (χ2v) is 1.94. The summed E-state index contributed by atoms with van der Waals surface area (Å²) in [5, 5.41) is 10.7. The molecule has 1 unspecified atom stereocenters. The average Bonchev–Trinajstić information content (AvgIpc) is 1.68. The summed E-state index contributed by atoms with van der Waals surface area (Å²) >= 11 is 0. The maximum atomic E-state index is 10.7. The summed E-state index contributed by atoms with van der Waals surface area (Å²) < 4.78 is 0. The Morgan fingerprint density at radius 1 is 1.75 bits per heavy atom. The summed E-state index contributed by atoms with van der Waals surface area (Å²) in [7, 11) is 0. The van der Waals surface area contributed by atoms with Crippen LogP contribution in [0.2, 0.25) is 0 Å². The minimum absolute atomic E-state index is 0.405. The SMILES string of the molecule is C=CCC([O])CCC. The zero-order valence-electron chi connectivity index (χ0n) is 5.39. The Bertz CT molecular complexity index is 59.4. The monoisotopic (exact) mass is 113 g/mol. The van der Waals surface area contributed by atoms with E-state index >= 15 is 0 Å². The summed E-state index contributed by atoms with van der Waals surface area (Å²) in [5.74, 6) is 0. The first-order valence-electron chi connectivity index (χ1n) is 3.08. The van der Waals surface area contributed by atoms with E-state index in [-0.39, 0.29) is 0 Å². The van der Waals surface area contributed by atoms with Crippen LogP contribution in [0.5, 0.6) is 0 Å². The average molecular weight is 113 g/mol. The number of hydrogen-bond acceptors (Lipinski definition) is 0. The maximum Gasteiger partial charge on any atom is 0.0964 e. The van der Waals surface area contributed by atoms with Crippen molar-refractivity contribution in [3.05, 3.63) is 12.7 Å². The third-order valence-electron chi connectivity index (χ3n) is 1.04. The lowest BCUT2D eigenvalue weighted by Crippen LogP contribution is -2.00. The Labute approximate surface area is 51.0 Å². The van der Waals surface area contributed by atoms with Gasteiger partial charge in [-0.3, -0.25) is 0 Å². The van der Waals surface area contributed by atoms with Crippen LogP contribution >= 0.6 is 0 Å². The molecule has 1 radical (unpaired) electrons. The molecule has 0 fully saturated rings. The van der Waals surface area contributed by atoms with Crippen LogP contribution in [0.1, 0.15) is 26.2 Å². The van der Waals surface area contributed by atoms with E-state index in [1.165, 1.54) is 0 Å². The van der Waals surface area contributed by atoms with Crippen molar-refractivity contribution in [2.75, 3.05) is 0 Å². The quantitative estimate of drug-likeness (QED) is 0.498. The number of rotatable bonds is 4. The van der Waals surface area contributed by atoms with E-state index in [1.807, 2.05) is 6.92 Å². The van der Waals surface area contributed by atoms with E-state index in [0.717, 1.165) is 12.8 Å². The van der Waals surface area contributed by atoms with Gasteiger partial charge in [-0.15, -0.1) is 6.58 Å². The first-order chi connectivity index (χ1) is 3.81. The van der Waals surface area contributed by atoms with Gasteiger partial charge in [-0.2, -0.15) is 0 Å². The lowest BCUT2D eigenvalue weighted by atomic mass is 10.1. The molecule has 1 atom stereocenters. The normalized spacial score (nSPS) is 13.2. The Kier molecular flexibility index (Phi) is 4.67. The molecular weight excluding hydrogens is 100 g/mol. The van der Waals surface area contributed by atoms with E-state index in [0.29, 0.717) is 6.42 Å². The molecule has 0 amide bonds.